The maximum atomic E-state index is 13.9. The lowest BCUT2D eigenvalue weighted by Gasteiger charge is -2.15. The Morgan fingerprint density at radius 2 is 2.29 bits per heavy atom. The number of rotatable bonds is 8. The standard InChI is InChI=1S/C16H21FN2O2/c1-4-8-18-12(3)13-6-7-15(14(17)10-13)21-11-16(20)19-9-5-2/h2,6-7,10,12,18H,4,8-9,11H2,1,3H3,(H,19,20). The zero-order valence-corrected chi connectivity index (χ0v) is 12.4. The summed E-state index contributed by atoms with van der Waals surface area (Å²) in [5.41, 5.74) is 0.838. The molecule has 0 aliphatic heterocycles. The number of carbonyl (C=O) groups excluding carboxylic acids is 1. The van der Waals surface area contributed by atoms with Gasteiger partial charge in [-0.2, -0.15) is 0 Å². The molecule has 1 aromatic carbocycles. The maximum Gasteiger partial charge on any atom is 0.258 e. The molecule has 2 N–H and O–H groups in total. The summed E-state index contributed by atoms with van der Waals surface area (Å²) in [6.45, 7) is 4.78. The van der Waals surface area contributed by atoms with Gasteiger partial charge in [-0.25, -0.2) is 4.39 Å². The predicted molar refractivity (Wildman–Crippen MR) is 80.4 cm³/mol. The van der Waals surface area contributed by atoms with Crippen LogP contribution in [-0.4, -0.2) is 25.6 Å². The first-order chi connectivity index (χ1) is 10.1. The smallest absolute Gasteiger partial charge is 0.258 e. The zero-order chi connectivity index (χ0) is 15.7. The lowest BCUT2D eigenvalue weighted by Crippen LogP contribution is -2.29. The largest absolute Gasteiger partial charge is 0.481 e. The van der Waals surface area contributed by atoms with Crippen LogP contribution in [0, 0.1) is 18.2 Å². The van der Waals surface area contributed by atoms with Gasteiger partial charge in [0.2, 0.25) is 0 Å². The molecular weight excluding hydrogens is 271 g/mol. The highest BCUT2D eigenvalue weighted by molar-refractivity contribution is 5.77. The van der Waals surface area contributed by atoms with E-state index in [1.807, 2.05) is 6.92 Å². The summed E-state index contributed by atoms with van der Waals surface area (Å²) in [6.07, 6.45) is 6.03. The van der Waals surface area contributed by atoms with Gasteiger partial charge in [0.25, 0.3) is 5.91 Å². The van der Waals surface area contributed by atoms with Crippen molar-refractivity contribution in [1.29, 1.82) is 0 Å². The van der Waals surface area contributed by atoms with E-state index in [0.717, 1.165) is 18.5 Å². The summed E-state index contributed by atoms with van der Waals surface area (Å²) in [5.74, 6) is 1.47. The number of benzene rings is 1. The topological polar surface area (TPSA) is 50.4 Å². The maximum absolute atomic E-state index is 13.9. The molecule has 1 unspecified atom stereocenters. The third-order valence-electron chi connectivity index (χ3n) is 2.90. The molecule has 114 valence electrons. The highest BCUT2D eigenvalue weighted by Gasteiger charge is 2.10. The fraction of sp³-hybridized carbons (Fsp3) is 0.438. The molecule has 0 aliphatic carbocycles. The molecule has 0 saturated carbocycles. The van der Waals surface area contributed by atoms with Gasteiger partial charge in [-0.05, 0) is 37.6 Å². The Balaban J connectivity index is 2.58. The number of hydrogen-bond donors (Lipinski definition) is 2. The average molecular weight is 292 g/mol. The van der Waals surface area contributed by atoms with Gasteiger partial charge in [0.15, 0.2) is 18.2 Å². The number of carbonyl (C=O) groups is 1. The molecule has 5 heteroatoms. The molecule has 4 nitrogen and oxygen atoms in total. The van der Waals surface area contributed by atoms with E-state index in [9.17, 15) is 9.18 Å². The van der Waals surface area contributed by atoms with Gasteiger partial charge in [-0.1, -0.05) is 18.9 Å². The fourth-order valence-corrected chi connectivity index (χ4v) is 1.73. The van der Waals surface area contributed by atoms with Crippen LogP contribution in [0.25, 0.3) is 0 Å². The molecule has 0 saturated heterocycles. The van der Waals surface area contributed by atoms with Crippen molar-refractivity contribution in [1.82, 2.24) is 10.6 Å². The van der Waals surface area contributed by atoms with Crippen molar-refractivity contribution in [3.63, 3.8) is 0 Å². The summed E-state index contributed by atoms with van der Waals surface area (Å²) in [4.78, 5) is 11.3. The van der Waals surface area contributed by atoms with Crippen molar-refractivity contribution >= 4 is 5.91 Å². The first kappa shape index (κ1) is 17.0. The zero-order valence-electron chi connectivity index (χ0n) is 12.4. The quantitative estimate of drug-likeness (QED) is 0.721. The Morgan fingerprint density at radius 1 is 1.52 bits per heavy atom. The second-order valence-electron chi connectivity index (χ2n) is 4.64. The highest BCUT2D eigenvalue weighted by Crippen LogP contribution is 2.22. The van der Waals surface area contributed by atoms with E-state index in [2.05, 4.69) is 23.5 Å². The van der Waals surface area contributed by atoms with Crippen molar-refractivity contribution in [2.45, 2.75) is 26.3 Å². The molecule has 0 fully saturated rings. The lowest BCUT2D eigenvalue weighted by atomic mass is 10.1. The van der Waals surface area contributed by atoms with Crippen LogP contribution in [0.1, 0.15) is 31.9 Å². The van der Waals surface area contributed by atoms with Crippen LogP contribution in [0.4, 0.5) is 4.39 Å². The van der Waals surface area contributed by atoms with E-state index in [4.69, 9.17) is 11.2 Å². The molecule has 1 atom stereocenters. The summed E-state index contributed by atoms with van der Waals surface area (Å²) in [7, 11) is 0. The van der Waals surface area contributed by atoms with Gasteiger partial charge in [0.05, 0.1) is 6.54 Å². The van der Waals surface area contributed by atoms with E-state index in [-0.39, 0.29) is 30.9 Å². The van der Waals surface area contributed by atoms with Crippen molar-refractivity contribution < 1.29 is 13.9 Å². The summed E-state index contributed by atoms with van der Waals surface area (Å²) in [6, 6.07) is 4.79. The second kappa shape index (κ2) is 8.98. The molecule has 0 bridgehead atoms. The van der Waals surface area contributed by atoms with Crippen LogP contribution in [0.15, 0.2) is 18.2 Å². The van der Waals surface area contributed by atoms with Crippen molar-refractivity contribution in [2.75, 3.05) is 19.7 Å². The monoisotopic (exact) mass is 292 g/mol. The second-order valence-corrected chi connectivity index (χ2v) is 4.64. The van der Waals surface area contributed by atoms with Crippen molar-refractivity contribution in [3.8, 4) is 18.1 Å². The minimum Gasteiger partial charge on any atom is -0.481 e. The fourth-order valence-electron chi connectivity index (χ4n) is 1.73. The number of terminal acetylenes is 1. The third kappa shape index (κ3) is 5.84. The molecule has 0 aromatic heterocycles. The van der Waals surface area contributed by atoms with Crippen LogP contribution < -0.4 is 15.4 Å². The van der Waals surface area contributed by atoms with Crippen LogP contribution in [-0.2, 0) is 4.79 Å². The minimum atomic E-state index is -0.484. The Hall–Kier alpha value is -2.06. The summed E-state index contributed by atoms with van der Waals surface area (Å²) >= 11 is 0. The molecule has 0 spiro atoms. The normalized spacial score (nSPS) is 11.5. The Morgan fingerprint density at radius 3 is 2.90 bits per heavy atom. The van der Waals surface area contributed by atoms with E-state index >= 15 is 0 Å². The van der Waals surface area contributed by atoms with E-state index in [1.54, 1.807) is 6.07 Å². The third-order valence-corrected chi connectivity index (χ3v) is 2.90. The first-order valence-electron chi connectivity index (χ1n) is 6.94. The summed E-state index contributed by atoms with van der Waals surface area (Å²) < 4.78 is 19.1. The van der Waals surface area contributed by atoms with Crippen molar-refractivity contribution in [3.05, 3.63) is 29.6 Å². The number of nitrogens with one attached hydrogen (secondary N) is 2. The SMILES string of the molecule is C#CCNC(=O)COc1ccc(C(C)NCCC)cc1F. The van der Waals surface area contributed by atoms with E-state index < -0.39 is 5.82 Å². The van der Waals surface area contributed by atoms with Gasteiger partial charge in [-0.15, -0.1) is 6.42 Å². The molecule has 1 aromatic rings. The molecule has 0 aliphatic rings. The van der Waals surface area contributed by atoms with Gasteiger partial charge in [-0.3, -0.25) is 4.79 Å². The molecular formula is C16H21FN2O2. The number of halogens is 1. The Labute approximate surface area is 125 Å². The summed E-state index contributed by atoms with van der Waals surface area (Å²) in [5, 5.41) is 5.72. The van der Waals surface area contributed by atoms with E-state index in [0.29, 0.717) is 0 Å². The van der Waals surface area contributed by atoms with Gasteiger partial charge < -0.3 is 15.4 Å². The van der Waals surface area contributed by atoms with Crippen LogP contribution in [0.5, 0.6) is 5.75 Å². The molecule has 0 radical (unpaired) electrons. The van der Waals surface area contributed by atoms with Crippen LogP contribution >= 0.6 is 0 Å². The first-order valence-corrected chi connectivity index (χ1v) is 6.94. The highest BCUT2D eigenvalue weighted by atomic mass is 19.1. The Kier molecular flexibility index (Phi) is 7.27. The number of ether oxygens (including phenoxy) is 1. The van der Waals surface area contributed by atoms with Gasteiger partial charge in [0, 0.05) is 6.04 Å². The lowest BCUT2D eigenvalue weighted by molar-refractivity contribution is -0.122. The van der Waals surface area contributed by atoms with Crippen LogP contribution in [0.2, 0.25) is 0 Å². The minimum absolute atomic E-state index is 0.0531. The molecule has 21 heavy (non-hydrogen) atoms. The number of amides is 1. The Bertz CT molecular complexity index is 511. The molecule has 1 rings (SSSR count). The van der Waals surface area contributed by atoms with E-state index in [1.165, 1.54) is 12.1 Å². The average Bonchev–Trinajstić information content (AvgIpc) is 2.49. The predicted octanol–water partition coefficient (Wildman–Crippen LogP) is 2.01. The van der Waals surface area contributed by atoms with Gasteiger partial charge in [0.1, 0.15) is 0 Å². The van der Waals surface area contributed by atoms with Crippen molar-refractivity contribution in [2.24, 2.45) is 0 Å². The number of hydrogen-bond acceptors (Lipinski definition) is 3. The molecule has 1 amide bonds. The van der Waals surface area contributed by atoms with Crippen LogP contribution in [0.3, 0.4) is 0 Å². The molecule has 0 heterocycles. The van der Waals surface area contributed by atoms with Gasteiger partial charge >= 0.3 is 0 Å².